The van der Waals surface area contributed by atoms with Gasteiger partial charge in [-0.3, -0.25) is 4.79 Å². The Balaban J connectivity index is 1.64. The number of carbonyl (C=O) groups is 1. The molecule has 0 radical (unpaired) electrons. The number of rotatable bonds is 7. The smallest absolute Gasteiger partial charge is 0.258 e. The summed E-state index contributed by atoms with van der Waals surface area (Å²) in [6.07, 6.45) is 0. The third-order valence-electron chi connectivity index (χ3n) is 2.96. The van der Waals surface area contributed by atoms with Crippen LogP contribution in [0.1, 0.15) is 5.56 Å². The molecule has 0 saturated heterocycles. The van der Waals surface area contributed by atoms with Gasteiger partial charge >= 0.3 is 0 Å². The van der Waals surface area contributed by atoms with Crippen LogP contribution >= 0.6 is 22.6 Å². The molecule has 1 N–H and O–H groups in total. The molecule has 1 amide bonds. The van der Waals surface area contributed by atoms with E-state index in [9.17, 15) is 4.79 Å². The van der Waals surface area contributed by atoms with Gasteiger partial charge in [0.1, 0.15) is 18.1 Å². The van der Waals surface area contributed by atoms with Crippen LogP contribution in [-0.2, 0) is 4.79 Å². The molecule has 0 aliphatic carbocycles. The number of aryl methyl sites for hydroxylation is 1. The van der Waals surface area contributed by atoms with Crippen molar-refractivity contribution < 1.29 is 14.3 Å². The van der Waals surface area contributed by atoms with E-state index in [4.69, 9.17) is 9.47 Å². The van der Waals surface area contributed by atoms with Gasteiger partial charge in [0.15, 0.2) is 6.61 Å². The molecule has 0 aliphatic heterocycles. The largest absolute Gasteiger partial charge is 0.491 e. The molecule has 5 heteroatoms. The molecule has 0 spiro atoms. The summed E-state index contributed by atoms with van der Waals surface area (Å²) in [4.78, 5) is 11.7. The van der Waals surface area contributed by atoms with Gasteiger partial charge in [0.2, 0.25) is 0 Å². The summed E-state index contributed by atoms with van der Waals surface area (Å²) in [5, 5.41) is 2.76. The number of benzene rings is 2. The lowest BCUT2D eigenvalue weighted by molar-refractivity contribution is -0.123. The van der Waals surface area contributed by atoms with Gasteiger partial charge in [0, 0.05) is 3.57 Å². The summed E-state index contributed by atoms with van der Waals surface area (Å²) in [6, 6.07) is 15.3. The van der Waals surface area contributed by atoms with Crippen LogP contribution in [0.4, 0.5) is 0 Å². The van der Waals surface area contributed by atoms with Crippen molar-refractivity contribution >= 4 is 28.5 Å². The Kier molecular flexibility index (Phi) is 6.51. The van der Waals surface area contributed by atoms with Crippen molar-refractivity contribution in [3.05, 3.63) is 57.7 Å². The van der Waals surface area contributed by atoms with Crippen molar-refractivity contribution in [3.63, 3.8) is 0 Å². The Labute approximate surface area is 144 Å². The van der Waals surface area contributed by atoms with E-state index in [0.717, 1.165) is 14.9 Å². The number of nitrogens with one attached hydrogen (secondary N) is 1. The van der Waals surface area contributed by atoms with E-state index < -0.39 is 0 Å². The molecule has 4 nitrogen and oxygen atoms in total. The fourth-order valence-corrected chi connectivity index (χ4v) is 2.16. The minimum absolute atomic E-state index is 0.00492. The molecule has 2 aromatic rings. The van der Waals surface area contributed by atoms with Gasteiger partial charge < -0.3 is 14.8 Å². The highest BCUT2D eigenvalue weighted by Gasteiger charge is 2.03. The third-order valence-corrected chi connectivity index (χ3v) is 3.68. The lowest BCUT2D eigenvalue weighted by Gasteiger charge is -2.10. The van der Waals surface area contributed by atoms with E-state index in [1.807, 2.05) is 55.5 Å². The minimum atomic E-state index is -0.160. The first-order valence-electron chi connectivity index (χ1n) is 6.98. The van der Waals surface area contributed by atoms with Crippen molar-refractivity contribution in [2.45, 2.75) is 6.92 Å². The number of amides is 1. The molecule has 0 saturated carbocycles. The van der Waals surface area contributed by atoms with Crippen LogP contribution in [0.25, 0.3) is 0 Å². The molecule has 0 atom stereocenters. The van der Waals surface area contributed by atoms with E-state index in [1.54, 1.807) is 0 Å². The van der Waals surface area contributed by atoms with Crippen LogP contribution in [-0.4, -0.2) is 25.7 Å². The summed E-state index contributed by atoms with van der Waals surface area (Å²) in [5.41, 5.74) is 1.08. The summed E-state index contributed by atoms with van der Waals surface area (Å²) in [7, 11) is 0. The van der Waals surface area contributed by atoms with Gasteiger partial charge in [-0.15, -0.1) is 0 Å². The predicted molar refractivity (Wildman–Crippen MR) is 94.3 cm³/mol. The average molecular weight is 411 g/mol. The minimum Gasteiger partial charge on any atom is -0.491 e. The molecular formula is C17H18INO3. The normalized spacial score (nSPS) is 10.1. The Morgan fingerprint density at radius 2 is 1.82 bits per heavy atom. The maximum Gasteiger partial charge on any atom is 0.258 e. The van der Waals surface area contributed by atoms with Crippen LogP contribution in [0.5, 0.6) is 11.5 Å². The fourth-order valence-electron chi connectivity index (χ4n) is 1.80. The van der Waals surface area contributed by atoms with Crippen molar-refractivity contribution in [3.8, 4) is 11.5 Å². The van der Waals surface area contributed by atoms with E-state index in [1.165, 1.54) is 0 Å². The molecule has 116 valence electrons. The predicted octanol–water partition coefficient (Wildman–Crippen LogP) is 3.17. The number of halogens is 1. The van der Waals surface area contributed by atoms with Gasteiger partial charge in [-0.05, 0) is 65.4 Å². The first-order chi connectivity index (χ1) is 10.6. The zero-order valence-electron chi connectivity index (χ0n) is 12.3. The van der Waals surface area contributed by atoms with E-state index in [0.29, 0.717) is 18.9 Å². The van der Waals surface area contributed by atoms with Crippen molar-refractivity contribution in [1.82, 2.24) is 5.32 Å². The van der Waals surface area contributed by atoms with Crippen LogP contribution in [0.2, 0.25) is 0 Å². The molecule has 22 heavy (non-hydrogen) atoms. The van der Waals surface area contributed by atoms with Gasteiger partial charge in [-0.1, -0.05) is 18.2 Å². The van der Waals surface area contributed by atoms with Crippen LogP contribution in [0.3, 0.4) is 0 Å². The molecule has 0 bridgehead atoms. The van der Waals surface area contributed by atoms with Crippen LogP contribution in [0, 0.1) is 10.5 Å². The Morgan fingerprint density at radius 3 is 2.55 bits per heavy atom. The number of para-hydroxylation sites is 1. The second-order valence-electron chi connectivity index (χ2n) is 4.71. The van der Waals surface area contributed by atoms with E-state index in [2.05, 4.69) is 27.9 Å². The van der Waals surface area contributed by atoms with Crippen molar-refractivity contribution in [1.29, 1.82) is 0 Å². The highest BCUT2D eigenvalue weighted by Crippen LogP contribution is 2.15. The monoisotopic (exact) mass is 411 g/mol. The summed E-state index contributed by atoms with van der Waals surface area (Å²) in [5.74, 6) is 1.37. The summed E-state index contributed by atoms with van der Waals surface area (Å²) >= 11 is 2.22. The number of ether oxygens (including phenoxy) is 2. The van der Waals surface area contributed by atoms with Gasteiger partial charge in [-0.25, -0.2) is 0 Å². The molecule has 0 fully saturated rings. The van der Waals surface area contributed by atoms with E-state index in [-0.39, 0.29) is 12.5 Å². The maximum atomic E-state index is 11.7. The molecule has 0 unspecified atom stereocenters. The first-order valence-corrected chi connectivity index (χ1v) is 8.06. The second kappa shape index (κ2) is 8.63. The lowest BCUT2D eigenvalue weighted by Crippen LogP contribution is -2.32. The first kappa shape index (κ1) is 16.6. The van der Waals surface area contributed by atoms with E-state index >= 15 is 0 Å². The number of hydrogen-bond acceptors (Lipinski definition) is 3. The lowest BCUT2D eigenvalue weighted by atomic mass is 10.2. The van der Waals surface area contributed by atoms with Crippen LogP contribution < -0.4 is 14.8 Å². The van der Waals surface area contributed by atoms with Crippen molar-refractivity contribution in [2.24, 2.45) is 0 Å². The third kappa shape index (κ3) is 5.55. The topological polar surface area (TPSA) is 47.6 Å². The molecule has 0 aliphatic rings. The SMILES string of the molecule is Cc1ccccc1OCCNC(=O)COc1ccc(I)cc1. The molecule has 0 aromatic heterocycles. The molecule has 0 heterocycles. The van der Waals surface area contributed by atoms with Crippen LogP contribution in [0.15, 0.2) is 48.5 Å². The Morgan fingerprint density at radius 1 is 1.09 bits per heavy atom. The van der Waals surface area contributed by atoms with Gasteiger partial charge in [-0.2, -0.15) is 0 Å². The maximum absolute atomic E-state index is 11.7. The van der Waals surface area contributed by atoms with Gasteiger partial charge in [0.25, 0.3) is 5.91 Å². The molecule has 2 aromatic carbocycles. The standard InChI is InChI=1S/C17H18INO3/c1-13-4-2-3-5-16(13)21-11-10-19-17(20)12-22-15-8-6-14(18)7-9-15/h2-9H,10-12H2,1H3,(H,19,20). The quantitative estimate of drug-likeness (QED) is 0.563. The fraction of sp³-hybridized carbons (Fsp3) is 0.235. The average Bonchev–Trinajstić information content (AvgIpc) is 2.52. The summed E-state index contributed by atoms with van der Waals surface area (Å²) in [6.45, 7) is 2.87. The van der Waals surface area contributed by atoms with Crippen molar-refractivity contribution in [2.75, 3.05) is 19.8 Å². The number of hydrogen-bond donors (Lipinski definition) is 1. The molecular weight excluding hydrogens is 393 g/mol. The highest BCUT2D eigenvalue weighted by atomic mass is 127. The zero-order valence-corrected chi connectivity index (χ0v) is 14.5. The Bertz CT molecular complexity index is 614. The highest BCUT2D eigenvalue weighted by molar-refractivity contribution is 14.1. The van der Waals surface area contributed by atoms with Gasteiger partial charge in [0.05, 0.1) is 6.54 Å². The summed E-state index contributed by atoms with van der Waals surface area (Å²) < 4.78 is 12.1. The number of carbonyl (C=O) groups excluding carboxylic acids is 1. The Hall–Kier alpha value is -1.76. The second-order valence-corrected chi connectivity index (χ2v) is 5.95. The zero-order chi connectivity index (χ0) is 15.8. The molecule has 2 rings (SSSR count).